The van der Waals surface area contributed by atoms with E-state index in [1.807, 2.05) is 24.3 Å². The third-order valence-corrected chi connectivity index (χ3v) is 5.12. The lowest BCUT2D eigenvalue weighted by atomic mass is 10.1. The van der Waals surface area contributed by atoms with Crippen LogP contribution in [-0.2, 0) is 0 Å². The van der Waals surface area contributed by atoms with E-state index in [0.717, 1.165) is 10.0 Å². The number of Topliss-reactive ketones (excluding diaryl/α,β-unsaturated/α-hetero) is 1. The van der Waals surface area contributed by atoms with Gasteiger partial charge >= 0.3 is 0 Å². The third-order valence-electron chi connectivity index (χ3n) is 3.31. The number of carbonyl (C=O) groups is 1. The van der Waals surface area contributed by atoms with Gasteiger partial charge in [-0.2, -0.15) is 0 Å². The highest BCUT2D eigenvalue weighted by atomic mass is 79.9. The zero-order valence-electron chi connectivity index (χ0n) is 13.0. The normalized spacial score (nSPS) is 10.7. The van der Waals surface area contributed by atoms with Crippen molar-refractivity contribution in [2.45, 2.75) is 5.22 Å². The van der Waals surface area contributed by atoms with E-state index in [4.69, 9.17) is 20.8 Å². The molecule has 0 aliphatic carbocycles. The summed E-state index contributed by atoms with van der Waals surface area (Å²) in [5, 5.41) is 8.72. The standard InChI is InChI=1S/C17H12BrClN2O3S/c1-23-15-7-6-10(8-13(15)19)14(22)9-25-17-21-20-16(24-17)11-4-2-3-5-12(11)18/h2-8H,9H2,1H3. The van der Waals surface area contributed by atoms with Crippen molar-refractivity contribution in [2.24, 2.45) is 0 Å². The molecule has 3 rings (SSSR count). The van der Waals surface area contributed by atoms with Crippen molar-refractivity contribution in [3.8, 4) is 17.2 Å². The van der Waals surface area contributed by atoms with Crippen LogP contribution in [0, 0.1) is 0 Å². The van der Waals surface area contributed by atoms with Crippen LogP contribution in [0.5, 0.6) is 5.75 Å². The summed E-state index contributed by atoms with van der Waals surface area (Å²) in [4.78, 5) is 12.3. The van der Waals surface area contributed by atoms with Gasteiger partial charge in [0, 0.05) is 10.0 Å². The Morgan fingerprint density at radius 2 is 2.08 bits per heavy atom. The molecule has 0 radical (unpaired) electrons. The van der Waals surface area contributed by atoms with Crippen LogP contribution in [0.3, 0.4) is 0 Å². The molecule has 2 aromatic carbocycles. The molecule has 0 fully saturated rings. The molecule has 1 heterocycles. The minimum Gasteiger partial charge on any atom is -0.495 e. The molecule has 0 bridgehead atoms. The highest BCUT2D eigenvalue weighted by molar-refractivity contribution is 9.10. The Kier molecular flexibility index (Phi) is 5.78. The molecule has 25 heavy (non-hydrogen) atoms. The summed E-state index contributed by atoms with van der Waals surface area (Å²) >= 11 is 10.7. The third kappa shape index (κ3) is 4.23. The van der Waals surface area contributed by atoms with Gasteiger partial charge in [0.1, 0.15) is 5.75 Å². The number of aromatic nitrogens is 2. The number of thioether (sulfide) groups is 1. The van der Waals surface area contributed by atoms with Crippen LogP contribution in [0.25, 0.3) is 11.5 Å². The summed E-state index contributed by atoms with van der Waals surface area (Å²) in [5.41, 5.74) is 1.30. The Hall–Kier alpha value is -1.83. The minimum atomic E-state index is -0.0878. The molecule has 0 aliphatic heterocycles. The van der Waals surface area contributed by atoms with Crippen LogP contribution >= 0.6 is 39.3 Å². The second-order valence-electron chi connectivity index (χ2n) is 4.91. The van der Waals surface area contributed by atoms with Gasteiger partial charge in [-0.05, 0) is 46.3 Å². The number of hydrogen-bond acceptors (Lipinski definition) is 6. The summed E-state index contributed by atoms with van der Waals surface area (Å²) < 4.78 is 11.5. The average molecular weight is 440 g/mol. The molecule has 1 aromatic heterocycles. The Morgan fingerprint density at radius 3 is 2.80 bits per heavy atom. The predicted molar refractivity (Wildman–Crippen MR) is 100 cm³/mol. The Morgan fingerprint density at radius 1 is 1.28 bits per heavy atom. The first-order valence-corrected chi connectivity index (χ1v) is 9.32. The molecule has 128 valence electrons. The summed E-state index contributed by atoms with van der Waals surface area (Å²) in [6.45, 7) is 0. The summed E-state index contributed by atoms with van der Waals surface area (Å²) in [7, 11) is 1.52. The smallest absolute Gasteiger partial charge is 0.277 e. The molecule has 0 saturated heterocycles. The van der Waals surface area contributed by atoms with Gasteiger partial charge in [-0.25, -0.2) is 0 Å². The Bertz CT molecular complexity index is 916. The lowest BCUT2D eigenvalue weighted by Crippen LogP contribution is -2.02. The van der Waals surface area contributed by atoms with Gasteiger partial charge in [0.15, 0.2) is 5.78 Å². The molecule has 0 spiro atoms. The fourth-order valence-corrected chi connectivity index (χ4v) is 3.43. The molecule has 0 aliphatic rings. The van der Waals surface area contributed by atoms with E-state index in [2.05, 4.69) is 26.1 Å². The number of benzene rings is 2. The van der Waals surface area contributed by atoms with Crippen LogP contribution in [0.1, 0.15) is 10.4 Å². The van der Waals surface area contributed by atoms with Gasteiger partial charge in [-0.15, -0.1) is 10.2 Å². The Balaban J connectivity index is 1.67. The van der Waals surface area contributed by atoms with Crippen LogP contribution in [0.4, 0.5) is 0 Å². The van der Waals surface area contributed by atoms with Gasteiger partial charge in [0.25, 0.3) is 5.22 Å². The zero-order valence-corrected chi connectivity index (χ0v) is 16.2. The quantitative estimate of drug-likeness (QED) is 0.391. The number of nitrogens with zero attached hydrogens (tertiary/aromatic N) is 2. The van der Waals surface area contributed by atoms with Gasteiger partial charge < -0.3 is 9.15 Å². The maximum absolute atomic E-state index is 12.3. The number of methoxy groups -OCH3 is 1. The lowest BCUT2D eigenvalue weighted by Gasteiger charge is -2.04. The number of hydrogen-bond donors (Lipinski definition) is 0. The maximum Gasteiger partial charge on any atom is 0.277 e. The van der Waals surface area contributed by atoms with Gasteiger partial charge in [0.05, 0.1) is 23.4 Å². The molecule has 8 heteroatoms. The predicted octanol–water partition coefficient (Wildman–Crippen LogP) is 5.14. The zero-order chi connectivity index (χ0) is 17.8. The van der Waals surface area contributed by atoms with Crippen molar-refractivity contribution in [1.82, 2.24) is 10.2 Å². The second kappa shape index (κ2) is 8.03. The molecule has 0 unspecified atom stereocenters. The van der Waals surface area contributed by atoms with Crippen molar-refractivity contribution in [3.63, 3.8) is 0 Å². The summed E-state index contributed by atoms with van der Waals surface area (Å²) in [5.74, 6) is 1.01. The first-order valence-electron chi connectivity index (χ1n) is 7.16. The molecule has 3 aromatic rings. The first-order chi connectivity index (χ1) is 12.1. The molecule has 0 N–H and O–H groups in total. The number of rotatable bonds is 6. The minimum absolute atomic E-state index is 0.0878. The fraction of sp³-hybridized carbons (Fsp3) is 0.118. The molecule has 5 nitrogen and oxygen atoms in total. The summed E-state index contributed by atoms with van der Waals surface area (Å²) in [6, 6.07) is 12.5. The number of ketones is 1. The lowest BCUT2D eigenvalue weighted by molar-refractivity contribution is 0.102. The van der Waals surface area contributed by atoms with Gasteiger partial charge in [-0.1, -0.05) is 35.5 Å². The monoisotopic (exact) mass is 438 g/mol. The van der Waals surface area contributed by atoms with E-state index < -0.39 is 0 Å². The molecular formula is C17H12BrClN2O3S. The second-order valence-corrected chi connectivity index (χ2v) is 7.10. The van der Waals surface area contributed by atoms with E-state index in [9.17, 15) is 4.79 Å². The average Bonchev–Trinajstić information content (AvgIpc) is 3.08. The number of ether oxygens (including phenoxy) is 1. The van der Waals surface area contributed by atoms with Crippen molar-refractivity contribution in [2.75, 3.05) is 12.9 Å². The molecule has 0 amide bonds. The number of carbonyl (C=O) groups excluding carboxylic acids is 1. The van der Waals surface area contributed by atoms with Crippen molar-refractivity contribution in [1.29, 1.82) is 0 Å². The molecule has 0 atom stereocenters. The summed E-state index contributed by atoms with van der Waals surface area (Å²) in [6.07, 6.45) is 0. The molecular weight excluding hydrogens is 428 g/mol. The van der Waals surface area contributed by atoms with Crippen molar-refractivity contribution >= 4 is 45.1 Å². The maximum atomic E-state index is 12.3. The van der Waals surface area contributed by atoms with Crippen LogP contribution in [0.2, 0.25) is 5.02 Å². The van der Waals surface area contributed by atoms with Crippen LogP contribution in [-0.4, -0.2) is 28.8 Å². The van der Waals surface area contributed by atoms with E-state index in [-0.39, 0.29) is 11.5 Å². The SMILES string of the molecule is COc1ccc(C(=O)CSc2nnc(-c3ccccc3Br)o2)cc1Cl. The molecule has 0 saturated carbocycles. The van der Waals surface area contributed by atoms with E-state index in [1.165, 1.54) is 18.9 Å². The van der Waals surface area contributed by atoms with E-state index in [0.29, 0.717) is 27.4 Å². The van der Waals surface area contributed by atoms with Gasteiger partial charge in [0.2, 0.25) is 5.89 Å². The first kappa shape index (κ1) is 18.0. The highest BCUT2D eigenvalue weighted by Crippen LogP contribution is 2.30. The van der Waals surface area contributed by atoms with Crippen LogP contribution in [0.15, 0.2) is 56.6 Å². The topological polar surface area (TPSA) is 65.2 Å². The van der Waals surface area contributed by atoms with Crippen LogP contribution < -0.4 is 4.74 Å². The Labute approximate surface area is 161 Å². The van der Waals surface area contributed by atoms with Crippen molar-refractivity contribution < 1.29 is 13.9 Å². The fourth-order valence-electron chi connectivity index (χ4n) is 2.06. The van der Waals surface area contributed by atoms with E-state index in [1.54, 1.807) is 18.2 Å². The van der Waals surface area contributed by atoms with E-state index >= 15 is 0 Å². The number of halogens is 2. The van der Waals surface area contributed by atoms with Gasteiger partial charge in [-0.3, -0.25) is 4.79 Å². The highest BCUT2D eigenvalue weighted by Gasteiger charge is 2.14. The van der Waals surface area contributed by atoms with Crippen molar-refractivity contribution in [3.05, 3.63) is 57.5 Å². The largest absolute Gasteiger partial charge is 0.495 e.